The molecule has 35 heavy (non-hydrogen) atoms. The number of nitrogens with zero attached hydrogens (tertiary/aromatic N) is 5. The molecule has 0 radical (unpaired) electrons. The SMILES string of the molecule is Cc1cccc(-c2nc(CN(I)CCc3c(F)cccc3F)[nH]c2-c2ccc3ncccc3n2)n1. The quantitative estimate of drug-likeness (QED) is 0.187. The molecule has 0 amide bonds. The van der Waals surface area contributed by atoms with Gasteiger partial charge in [-0.1, -0.05) is 12.1 Å². The van der Waals surface area contributed by atoms with Crippen LogP contribution in [0.3, 0.4) is 0 Å². The summed E-state index contributed by atoms with van der Waals surface area (Å²) in [6, 6.07) is 17.3. The van der Waals surface area contributed by atoms with Crippen LogP contribution < -0.4 is 0 Å². The van der Waals surface area contributed by atoms with Crippen molar-refractivity contribution in [1.82, 2.24) is 28.0 Å². The first-order valence-corrected chi connectivity index (χ1v) is 12.0. The van der Waals surface area contributed by atoms with Crippen LogP contribution in [-0.2, 0) is 13.0 Å². The number of aryl methyl sites for hydroxylation is 1. The van der Waals surface area contributed by atoms with E-state index < -0.39 is 11.6 Å². The second-order valence-corrected chi connectivity index (χ2v) is 9.47. The minimum Gasteiger partial charge on any atom is -0.339 e. The van der Waals surface area contributed by atoms with Gasteiger partial charge in [0.25, 0.3) is 0 Å². The molecule has 1 aromatic carbocycles. The third kappa shape index (κ3) is 5.20. The van der Waals surface area contributed by atoms with Crippen LogP contribution in [0.2, 0.25) is 0 Å². The Bertz CT molecular complexity index is 1480. The predicted molar refractivity (Wildman–Crippen MR) is 140 cm³/mol. The third-order valence-electron chi connectivity index (χ3n) is 5.58. The topological polar surface area (TPSA) is 70.6 Å². The first-order chi connectivity index (χ1) is 17.0. The predicted octanol–water partition coefficient (Wildman–Crippen LogP) is 6.06. The molecular formula is C26H21F2IN6. The van der Waals surface area contributed by atoms with Crippen molar-refractivity contribution in [2.75, 3.05) is 6.54 Å². The largest absolute Gasteiger partial charge is 0.339 e. The van der Waals surface area contributed by atoms with Crippen molar-refractivity contribution >= 4 is 33.9 Å². The number of aromatic nitrogens is 5. The fourth-order valence-electron chi connectivity index (χ4n) is 3.88. The standard InChI is InChI=1S/C26H21F2IN6/c1-16-5-2-8-22(31-16)25-26(23-11-10-20-21(32-23)9-4-13-30-20)34-24(33-25)15-35(29)14-12-17-18(27)6-3-7-19(17)28/h2-11,13H,12,14-15H2,1H3,(H,33,34). The fraction of sp³-hybridized carbons (Fsp3) is 0.154. The molecule has 9 heteroatoms. The van der Waals surface area contributed by atoms with Crippen LogP contribution in [-0.4, -0.2) is 34.6 Å². The molecule has 0 aliphatic carbocycles. The molecule has 1 N–H and O–H groups in total. The van der Waals surface area contributed by atoms with Gasteiger partial charge in [-0.25, -0.2) is 21.9 Å². The van der Waals surface area contributed by atoms with E-state index in [0.29, 0.717) is 24.6 Å². The summed E-state index contributed by atoms with van der Waals surface area (Å²) in [7, 11) is 0. The number of rotatable bonds is 7. The van der Waals surface area contributed by atoms with Crippen LogP contribution in [0.5, 0.6) is 0 Å². The molecule has 0 aliphatic heterocycles. The molecule has 0 bridgehead atoms. The van der Waals surface area contributed by atoms with Crippen LogP contribution in [0.25, 0.3) is 33.8 Å². The number of hydrogen-bond acceptors (Lipinski definition) is 5. The Balaban J connectivity index is 1.45. The van der Waals surface area contributed by atoms with Crippen LogP contribution in [0.1, 0.15) is 17.1 Å². The van der Waals surface area contributed by atoms with E-state index in [9.17, 15) is 8.78 Å². The van der Waals surface area contributed by atoms with Gasteiger partial charge in [-0.05, 0) is 61.9 Å². The molecule has 0 spiro atoms. The van der Waals surface area contributed by atoms with Crippen molar-refractivity contribution in [2.45, 2.75) is 19.9 Å². The smallest absolute Gasteiger partial charge is 0.129 e. The van der Waals surface area contributed by atoms with Gasteiger partial charge in [0.2, 0.25) is 0 Å². The van der Waals surface area contributed by atoms with Crippen molar-refractivity contribution in [3.63, 3.8) is 0 Å². The minimum absolute atomic E-state index is 0.0907. The van der Waals surface area contributed by atoms with Gasteiger partial charge in [-0.2, -0.15) is 0 Å². The van der Waals surface area contributed by atoms with Gasteiger partial charge in [0.15, 0.2) is 0 Å². The van der Waals surface area contributed by atoms with Gasteiger partial charge < -0.3 is 4.98 Å². The summed E-state index contributed by atoms with van der Waals surface area (Å²) in [5.74, 6) is -0.352. The molecular weight excluding hydrogens is 561 g/mol. The van der Waals surface area contributed by atoms with E-state index in [4.69, 9.17) is 9.97 Å². The van der Waals surface area contributed by atoms with Crippen molar-refractivity contribution in [3.8, 4) is 22.8 Å². The number of aromatic amines is 1. The normalized spacial score (nSPS) is 11.5. The van der Waals surface area contributed by atoms with Gasteiger partial charge in [0.1, 0.15) is 23.2 Å². The van der Waals surface area contributed by atoms with E-state index >= 15 is 0 Å². The van der Waals surface area contributed by atoms with E-state index in [1.54, 1.807) is 6.20 Å². The molecule has 0 fully saturated rings. The zero-order valence-electron chi connectivity index (χ0n) is 18.8. The zero-order chi connectivity index (χ0) is 24.4. The maximum Gasteiger partial charge on any atom is 0.129 e. The summed E-state index contributed by atoms with van der Waals surface area (Å²) in [6.07, 6.45) is 1.99. The second-order valence-electron chi connectivity index (χ2n) is 8.10. The maximum atomic E-state index is 14.0. The number of imidazole rings is 1. The second kappa shape index (κ2) is 10.1. The molecule has 0 unspecified atom stereocenters. The van der Waals surface area contributed by atoms with E-state index in [0.717, 1.165) is 33.8 Å². The molecule has 0 aliphatic rings. The van der Waals surface area contributed by atoms with Crippen molar-refractivity contribution in [2.24, 2.45) is 0 Å². The summed E-state index contributed by atoms with van der Waals surface area (Å²) in [4.78, 5) is 22.0. The number of H-pyrrole nitrogens is 1. The highest BCUT2D eigenvalue weighted by atomic mass is 127. The monoisotopic (exact) mass is 582 g/mol. The summed E-state index contributed by atoms with van der Waals surface area (Å²) in [5.41, 5.74) is 5.50. The molecule has 0 saturated heterocycles. The summed E-state index contributed by atoms with van der Waals surface area (Å²) in [6.45, 7) is 2.84. The Kier molecular flexibility index (Phi) is 6.78. The van der Waals surface area contributed by atoms with Crippen LogP contribution >= 0.6 is 22.9 Å². The molecule has 6 nitrogen and oxygen atoms in total. The average molecular weight is 582 g/mol. The molecule has 5 rings (SSSR count). The van der Waals surface area contributed by atoms with Crippen molar-refractivity contribution in [3.05, 3.63) is 95.6 Å². The lowest BCUT2D eigenvalue weighted by molar-refractivity contribution is 0.477. The van der Waals surface area contributed by atoms with E-state index in [-0.39, 0.29) is 12.0 Å². The van der Waals surface area contributed by atoms with E-state index in [1.165, 1.54) is 18.2 Å². The molecule has 0 atom stereocenters. The number of fused-ring (bicyclic) bond motifs is 1. The highest BCUT2D eigenvalue weighted by Crippen LogP contribution is 2.30. The molecule has 4 aromatic heterocycles. The lowest BCUT2D eigenvalue weighted by atomic mass is 10.1. The van der Waals surface area contributed by atoms with Gasteiger partial charge in [-0.15, -0.1) is 0 Å². The van der Waals surface area contributed by atoms with Crippen molar-refractivity contribution < 1.29 is 8.78 Å². The van der Waals surface area contributed by atoms with Gasteiger partial charge >= 0.3 is 0 Å². The van der Waals surface area contributed by atoms with Crippen LogP contribution in [0, 0.1) is 18.6 Å². The number of hydrogen-bond donors (Lipinski definition) is 1. The van der Waals surface area contributed by atoms with Crippen LogP contribution in [0.15, 0.2) is 66.9 Å². The van der Waals surface area contributed by atoms with Gasteiger partial charge in [0.05, 0.1) is 34.7 Å². The highest BCUT2D eigenvalue weighted by molar-refractivity contribution is 14.1. The summed E-state index contributed by atoms with van der Waals surface area (Å²) < 4.78 is 30.0. The van der Waals surface area contributed by atoms with E-state index in [2.05, 4.69) is 37.8 Å². The first-order valence-electron chi connectivity index (χ1n) is 11.1. The van der Waals surface area contributed by atoms with Gasteiger partial charge in [0, 0.05) is 46.9 Å². The Hall–Kier alpha value is -3.31. The zero-order valence-corrected chi connectivity index (χ0v) is 21.0. The summed E-state index contributed by atoms with van der Waals surface area (Å²) >= 11 is 2.15. The first kappa shape index (κ1) is 23.4. The number of benzene rings is 1. The van der Waals surface area contributed by atoms with E-state index in [1.807, 2.05) is 52.5 Å². The summed E-state index contributed by atoms with van der Waals surface area (Å²) in [5, 5.41) is 0. The molecule has 4 heterocycles. The van der Waals surface area contributed by atoms with Crippen LogP contribution in [0.4, 0.5) is 8.78 Å². The Morgan fingerprint density at radius 3 is 2.46 bits per heavy atom. The highest BCUT2D eigenvalue weighted by Gasteiger charge is 2.19. The Morgan fingerprint density at radius 1 is 0.857 bits per heavy atom. The third-order valence-corrected chi connectivity index (χ3v) is 6.41. The maximum absolute atomic E-state index is 14.0. The molecule has 5 aromatic rings. The number of pyridine rings is 3. The molecule has 0 saturated carbocycles. The fourth-order valence-corrected chi connectivity index (χ4v) is 4.45. The Labute approximate surface area is 215 Å². The lowest BCUT2D eigenvalue weighted by Gasteiger charge is -2.13. The lowest BCUT2D eigenvalue weighted by Crippen LogP contribution is -2.16. The van der Waals surface area contributed by atoms with Crippen molar-refractivity contribution in [1.29, 1.82) is 0 Å². The average Bonchev–Trinajstić information content (AvgIpc) is 3.27. The number of halogens is 3. The number of nitrogens with one attached hydrogen (secondary N) is 1. The minimum atomic E-state index is -0.528. The molecule has 176 valence electrons. The Morgan fingerprint density at radius 2 is 1.66 bits per heavy atom. The van der Waals surface area contributed by atoms with Gasteiger partial charge in [-0.3, -0.25) is 9.97 Å².